The molecule has 1 N–H and O–H groups in total. The highest BCUT2D eigenvalue weighted by atomic mass is 35.5. The smallest absolute Gasteiger partial charge is 0.228 e. The van der Waals surface area contributed by atoms with Crippen LogP contribution in [0.1, 0.15) is 15.9 Å². The van der Waals surface area contributed by atoms with Crippen molar-refractivity contribution in [1.82, 2.24) is 0 Å². The molecule has 0 aliphatic carbocycles. The molecule has 33 heavy (non-hydrogen) atoms. The number of carbonyl (C=O) groups excluding carboxylic acids is 2. The quantitative estimate of drug-likeness (QED) is 0.219. The lowest BCUT2D eigenvalue weighted by Gasteiger charge is -2.07. The number of halogens is 1. The van der Waals surface area contributed by atoms with E-state index in [0.717, 1.165) is 27.3 Å². The van der Waals surface area contributed by atoms with Gasteiger partial charge in [0.15, 0.2) is 5.78 Å². The van der Waals surface area contributed by atoms with Gasteiger partial charge in [0.1, 0.15) is 0 Å². The minimum absolute atomic E-state index is 0.0833. The third kappa shape index (κ3) is 6.58. The summed E-state index contributed by atoms with van der Waals surface area (Å²) < 4.78 is 0. The number of ketones is 1. The van der Waals surface area contributed by atoms with Crippen LogP contribution in [0.5, 0.6) is 0 Å². The first-order valence-electron chi connectivity index (χ1n) is 10.5. The molecule has 0 saturated heterocycles. The van der Waals surface area contributed by atoms with E-state index in [9.17, 15) is 9.59 Å². The number of benzene rings is 4. The van der Waals surface area contributed by atoms with Crippen molar-refractivity contribution in [2.24, 2.45) is 0 Å². The van der Waals surface area contributed by atoms with Crippen LogP contribution in [0.15, 0.2) is 108 Å². The van der Waals surface area contributed by atoms with E-state index in [1.54, 1.807) is 12.1 Å². The van der Waals surface area contributed by atoms with Gasteiger partial charge in [0.05, 0.1) is 12.2 Å². The molecule has 4 aromatic rings. The molecule has 0 aliphatic heterocycles. The van der Waals surface area contributed by atoms with E-state index in [1.165, 1.54) is 11.8 Å². The average Bonchev–Trinajstić information content (AvgIpc) is 2.85. The van der Waals surface area contributed by atoms with Gasteiger partial charge in [-0.1, -0.05) is 78.3 Å². The standard InChI is InChI=1S/C28H22ClNO2S/c29-24-12-6-20(7-13-24)18-28(32)30-25-14-16-26(17-15-25)33-19-27(31)23-10-8-22(9-11-23)21-4-2-1-3-5-21/h1-17H,18-19H2,(H,30,32). The Kier molecular flexibility index (Phi) is 7.61. The SMILES string of the molecule is O=C(Cc1ccc(Cl)cc1)Nc1ccc(SCC(=O)c2ccc(-c3ccccc3)cc2)cc1. The molecular weight excluding hydrogens is 450 g/mol. The summed E-state index contributed by atoms with van der Waals surface area (Å²) in [6.45, 7) is 0. The number of amides is 1. The number of carbonyl (C=O) groups is 2. The van der Waals surface area contributed by atoms with Crippen molar-refractivity contribution >= 4 is 40.7 Å². The summed E-state index contributed by atoms with van der Waals surface area (Å²) in [6, 6.07) is 32.6. The Labute approximate surface area is 202 Å². The maximum Gasteiger partial charge on any atom is 0.228 e. The first-order chi connectivity index (χ1) is 16.1. The van der Waals surface area contributed by atoms with Crippen molar-refractivity contribution in [2.45, 2.75) is 11.3 Å². The number of anilines is 1. The van der Waals surface area contributed by atoms with Crippen LogP contribution in [0.25, 0.3) is 11.1 Å². The van der Waals surface area contributed by atoms with E-state index < -0.39 is 0 Å². The summed E-state index contributed by atoms with van der Waals surface area (Å²) in [5.74, 6) is 0.347. The number of hydrogen-bond acceptors (Lipinski definition) is 3. The Morgan fingerprint density at radius 1 is 0.727 bits per heavy atom. The van der Waals surface area contributed by atoms with Crippen molar-refractivity contribution < 1.29 is 9.59 Å². The van der Waals surface area contributed by atoms with Gasteiger partial charge in [0.2, 0.25) is 5.91 Å². The van der Waals surface area contributed by atoms with Crippen LogP contribution in [-0.4, -0.2) is 17.4 Å². The predicted molar refractivity (Wildman–Crippen MR) is 137 cm³/mol. The van der Waals surface area contributed by atoms with Crippen LogP contribution in [-0.2, 0) is 11.2 Å². The molecule has 0 saturated carbocycles. The van der Waals surface area contributed by atoms with Crippen LogP contribution in [0.4, 0.5) is 5.69 Å². The summed E-state index contributed by atoms with van der Waals surface area (Å²) in [6.07, 6.45) is 0.283. The van der Waals surface area contributed by atoms with Gasteiger partial charge in [-0.2, -0.15) is 0 Å². The number of thioether (sulfide) groups is 1. The number of hydrogen-bond donors (Lipinski definition) is 1. The number of rotatable bonds is 8. The molecule has 164 valence electrons. The van der Waals surface area contributed by atoms with E-state index in [4.69, 9.17) is 11.6 Å². The van der Waals surface area contributed by atoms with Crippen LogP contribution in [0.2, 0.25) is 5.02 Å². The zero-order chi connectivity index (χ0) is 23.0. The van der Waals surface area contributed by atoms with Gasteiger partial charge < -0.3 is 5.32 Å². The Bertz CT molecular complexity index is 1220. The third-order valence-corrected chi connectivity index (χ3v) is 6.36. The van der Waals surface area contributed by atoms with Gasteiger partial charge in [-0.15, -0.1) is 11.8 Å². The van der Waals surface area contributed by atoms with Crippen LogP contribution in [0, 0.1) is 0 Å². The molecule has 0 aliphatic rings. The molecule has 0 fully saturated rings. The molecular formula is C28H22ClNO2S. The molecule has 0 aromatic heterocycles. The maximum absolute atomic E-state index is 12.6. The van der Waals surface area contributed by atoms with Crippen molar-refractivity contribution in [3.8, 4) is 11.1 Å². The van der Waals surface area contributed by atoms with Crippen molar-refractivity contribution in [1.29, 1.82) is 0 Å². The zero-order valence-electron chi connectivity index (χ0n) is 17.8. The fourth-order valence-corrected chi connectivity index (χ4v) is 4.26. The second-order valence-electron chi connectivity index (χ2n) is 7.53. The highest BCUT2D eigenvalue weighted by Gasteiger charge is 2.08. The second-order valence-corrected chi connectivity index (χ2v) is 9.02. The van der Waals surface area contributed by atoms with Crippen molar-refractivity contribution in [3.05, 3.63) is 119 Å². The molecule has 5 heteroatoms. The van der Waals surface area contributed by atoms with E-state index in [1.807, 2.05) is 78.9 Å². The van der Waals surface area contributed by atoms with Crippen LogP contribution < -0.4 is 5.32 Å². The van der Waals surface area contributed by atoms with Crippen molar-refractivity contribution in [2.75, 3.05) is 11.1 Å². The first kappa shape index (κ1) is 22.8. The predicted octanol–water partition coefficient (Wildman–Crippen LogP) is 7.16. The van der Waals surface area contributed by atoms with Gasteiger partial charge in [0, 0.05) is 21.2 Å². The third-order valence-electron chi connectivity index (χ3n) is 5.10. The lowest BCUT2D eigenvalue weighted by molar-refractivity contribution is -0.115. The molecule has 0 unspecified atom stereocenters. The summed E-state index contributed by atoms with van der Waals surface area (Å²) >= 11 is 7.36. The van der Waals surface area contributed by atoms with E-state index in [0.29, 0.717) is 16.3 Å². The second kappa shape index (κ2) is 11.0. The lowest BCUT2D eigenvalue weighted by Crippen LogP contribution is -2.14. The number of Topliss-reactive ketones (excluding diaryl/α,β-unsaturated/α-hetero) is 1. The minimum atomic E-state index is -0.0909. The molecule has 0 bridgehead atoms. The largest absolute Gasteiger partial charge is 0.326 e. The lowest BCUT2D eigenvalue weighted by atomic mass is 10.0. The summed E-state index contributed by atoms with van der Waals surface area (Å²) in [7, 11) is 0. The van der Waals surface area contributed by atoms with E-state index in [2.05, 4.69) is 17.4 Å². The Balaban J connectivity index is 1.27. The van der Waals surface area contributed by atoms with E-state index >= 15 is 0 Å². The first-order valence-corrected chi connectivity index (χ1v) is 11.9. The summed E-state index contributed by atoms with van der Waals surface area (Å²) in [5, 5.41) is 3.54. The van der Waals surface area contributed by atoms with E-state index in [-0.39, 0.29) is 18.1 Å². The van der Waals surface area contributed by atoms with Crippen molar-refractivity contribution in [3.63, 3.8) is 0 Å². The summed E-state index contributed by atoms with van der Waals surface area (Å²) in [4.78, 5) is 25.8. The zero-order valence-corrected chi connectivity index (χ0v) is 19.4. The number of nitrogens with one attached hydrogen (secondary N) is 1. The fourth-order valence-electron chi connectivity index (χ4n) is 3.34. The van der Waals surface area contributed by atoms with Crippen LogP contribution >= 0.6 is 23.4 Å². The maximum atomic E-state index is 12.6. The highest BCUT2D eigenvalue weighted by Crippen LogP contribution is 2.23. The Morgan fingerprint density at radius 2 is 1.36 bits per heavy atom. The monoisotopic (exact) mass is 471 g/mol. The summed E-state index contributed by atoms with van der Waals surface area (Å²) in [5.41, 5.74) is 4.55. The molecule has 4 rings (SSSR count). The molecule has 0 radical (unpaired) electrons. The minimum Gasteiger partial charge on any atom is -0.326 e. The van der Waals surface area contributed by atoms with Gasteiger partial charge >= 0.3 is 0 Å². The molecule has 3 nitrogen and oxygen atoms in total. The van der Waals surface area contributed by atoms with Gasteiger partial charge in [-0.05, 0) is 53.1 Å². The average molecular weight is 472 g/mol. The van der Waals surface area contributed by atoms with Gasteiger partial charge in [0.25, 0.3) is 0 Å². The van der Waals surface area contributed by atoms with Gasteiger partial charge in [-0.3, -0.25) is 9.59 Å². The Hall–Kier alpha value is -3.34. The molecule has 0 atom stereocenters. The molecule has 0 spiro atoms. The highest BCUT2D eigenvalue weighted by molar-refractivity contribution is 8.00. The Morgan fingerprint density at radius 3 is 2.03 bits per heavy atom. The molecule has 4 aromatic carbocycles. The fraction of sp³-hybridized carbons (Fsp3) is 0.0714. The van der Waals surface area contributed by atoms with Gasteiger partial charge in [-0.25, -0.2) is 0 Å². The topological polar surface area (TPSA) is 46.2 Å². The van der Waals surface area contributed by atoms with Crippen LogP contribution in [0.3, 0.4) is 0 Å². The molecule has 0 heterocycles. The molecule has 1 amide bonds. The normalized spacial score (nSPS) is 10.6.